The highest BCUT2D eigenvalue weighted by Gasteiger charge is 2.08. The molecule has 104 valence electrons. The summed E-state index contributed by atoms with van der Waals surface area (Å²) in [7, 11) is 0. The fourth-order valence-corrected chi connectivity index (χ4v) is 2.15. The molecule has 0 radical (unpaired) electrons. The monoisotopic (exact) mass is 306 g/mol. The first kappa shape index (κ1) is 14.8. The lowest BCUT2D eigenvalue weighted by molar-refractivity contribution is 0.461. The zero-order valence-corrected chi connectivity index (χ0v) is 13.1. The number of nitrogens with two attached hydrogens (primary N) is 1. The van der Waals surface area contributed by atoms with Crippen LogP contribution in [0, 0.1) is 20.8 Å². The van der Waals surface area contributed by atoms with Gasteiger partial charge in [-0.2, -0.15) is 0 Å². The third kappa shape index (κ3) is 3.26. The Hall–Kier alpha value is -1.65. The van der Waals surface area contributed by atoms with Gasteiger partial charge in [0.05, 0.1) is 0 Å². The highest BCUT2D eigenvalue weighted by molar-refractivity contribution is 7.80. The van der Waals surface area contributed by atoms with Crippen molar-refractivity contribution < 1.29 is 4.74 Å². The number of hydrogen-bond donors (Lipinski definition) is 1. The van der Waals surface area contributed by atoms with Gasteiger partial charge in [-0.15, -0.1) is 0 Å². The number of benzene rings is 1. The van der Waals surface area contributed by atoms with Crippen molar-refractivity contribution in [3.05, 3.63) is 51.7 Å². The van der Waals surface area contributed by atoms with Crippen molar-refractivity contribution in [3.63, 3.8) is 0 Å². The van der Waals surface area contributed by atoms with Crippen LogP contribution in [0.3, 0.4) is 0 Å². The first-order chi connectivity index (χ1) is 9.36. The van der Waals surface area contributed by atoms with E-state index in [1.807, 2.05) is 39.0 Å². The van der Waals surface area contributed by atoms with Crippen LogP contribution >= 0.6 is 23.8 Å². The molecule has 0 unspecified atom stereocenters. The van der Waals surface area contributed by atoms with E-state index in [0.717, 1.165) is 27.4 Å². The third-order valence-electron chi connectivity index (χ3n) is 2.85. The summed E-state index contributed by atoms with van der Waals surface area (Å²) in [6.07, 6.45) is 0. The minimum Gasteiger partial charge on any atom is -0.439 e. The average Bonchev–Trinajstić information content (AvgIpc) is 2.35. The van der Waals surface area contributed by atoms with Gasteiger partial charge in [0, 0.05) is 22.3 Å². The molecular weight excluding hydrogens is 292 g/mol. The molecule has 1 heterocycles. The molecule has 0 amide bonds. The second-order valence-corrected chi connectivity index (χ2v) is 5.49. The number of rotatable bonds is 3. The fourth-order valence-electron chi connectivity index (χ4n) is 1.92. The molecule has 1 aromatic heterocycles. The second kappa shape index (κ2) is 5.77. The SMILES string of the molecule is Cc1cc(C(N)=S)cc(Oc2cc(C)c(Cl)c(C)c2)n1. The molecule has 0 aliphatic heterocycles. The Balaban J connectivity index is 2.37. The van der Waals surface area contributed by atoms with E-state index >= 15 is 0 Å². The second-order valence-electron chi connectivity index (χ2n) is 4.67. The highest BCUT2D eigenvalue weighted by Crippen LogP contribution is 2.28. The van der Waals surface area contributed by atoms with Crippen molar-refractivity contribution in [2.45, 2.75) is 20.8 Å². The molecule has 2 aromatic rings. The van der Waals surface area contributed by atoms with Crippen molar-refractivity contribution in [2.75, 3.05) is 0 Å². The number of halogens is 1. The summed E-state index contributed by atoms with van der Waals surface area (Å²) < 4.78 is 5.78. The Morgan fingerprint density at radius 1 is 1.15 bits per heavy atom. The topological polar surface area (TPSA) is 48.1 Å². The zero-order valence-electron chi connectivity index (χ0n) is 11.5. The molecule has 3 nitrogen and oxygen atoms in total. The van der Waals surface area contributed by atoms with E-state index in [0.29, 0.717) is 16.6 Å². The van der Waals surface area contributed by atoms with Gasteiger partial charge in [-0.05, 0) is 50.1 Å². The Morgan fingerprint density at radius 3 is 2.30 bits per heavy atom. The molecule has 0 saturated carbocycles. The number of pyridine rings is 1. The molecule has 1 aromatic carbocycles. The largest absolute Gasteiger partial charge is 0.439 e. The molecule has 0 aliphatic rings. The van der Waals surface area contributed by atoms with Crippen LogP contribution < -0.4 is 10.5 Å². The van der Waals surface area contributed by atoms with Crippen molar-refractivity contribution in [1.29, 1.82) is 0 Å². The van der Waals surface area contributed by atoms with Gasteiger partial charge in [0.1, 0.15) is 10.7 Å². The predicted octanol–water partition coefficient (Wildman–Crippen LogP) is 4.09. The van der Waals surface area contributed by atoms with E-state index in [2.05, 4.69) is 4.98 Å². The minimum absolute atomic E-state index is 0.323. The summed E-state index contributed by atoms with van der Waals surface area (Å²) in [6, 6.07) is 7.31. The number of thiocarbonyl (C=S) groups is 1. The van der Waals surface area contributed by atoms with E-state index in [-0.39, 0.29) is 0 Å². The molecule has 2 N–H and O–H groups in total. The van der Waals surface area contributed by atoms with Crippen LogP contribution in [0.15, 0.2) is 24.3 Å². The number of aryl methyl sites for hydroxylation is 3. The standard InChI is InChI=1S/C15H15ClN2OS/c1-8-4-12(5-9(2)14(8)16)19-13-7-11(15(17)20)6-10(3)18-13/h4-7H,1-3H3,(H2,17,20). The summed E-state index contributed by atoms with van der Waals surface area (Å²) in [5, 5.41) is 0.748. The van der Waals surface area contributed by atoms with Gasteiger partial charge in [0.15, 0.2) is 0 Å². The average molecular weight is 307 g/mol. The summed E-state index contributed by atoms with van der Waals surface area (Å²) in [4.78, 5) is 4.65. The van der Waals surface area contributed by atoms with Gasteiger partial charge >= 0.3 is 0 Å². The lowest BCUT2D eigenvalue weighted by atomic mass is 10.1. The molecule has 0 atom stereocenters. The summed E-state index contributed by atoms with van der Waals surface area (Å²) >= 11 is 11.1. The molecule has 0 aliphatic carbocycles. The van der Waals surface area contributed by atoms with Crippen LogP contribution in [0.1, 0.15) is 22.4 Å². The summed E-state index contributed by atoms with van der Waals surface area (Å²) in [5.41, 5.74) is 9.11. The molecule has 2 rings (SSSR count). The van der Waals surface area contributed by atoms with E-state index in [1.54, 1.807) is 6.07 Å². The number of aromatic nitrogens is 1. The van der Waals surface area contributed by atoms with Crippen molar-refractivity contribution in [2.24, 2.45) is 5.73 Å². The molecule has 5 heteroatoms. The van der Waals surface area contributed by atoms with Gasteiger partial charge in [0.2, 0.25) is 5.88 Å². The maximum absolute atomic E-state index is 6.14. The van der Waals surface area contributed by atoms with Crippen LogP contribution in [0.4, 0.5) is 0 Å². The number of ether oxygens (including phenoxy) is 1. The number of hydrogen-bond acceptors (Lipinski definition) is 3. The lowest BCUT2D eigenvalue weighted by Crippen LogP contribution is -2.10. The van der Waals surface area contributed by atoms with Gasteiger partial charge < -0.3 is 10.5 Å². The van der Waals surface area contributed by atoms with E-state index in [9.17, 15) is 0 Å². The van der Waals surface area contributed by atoms with E-state index in [1.165, 1.54) is 0 Å². The summed E-state index contributed by atoms with van der Waals surface area (Å²) in [6.45, 7) is 5.74. The zero-order chi connectivity index (χ0) is 14.9. The maximum Gasteiger partial charge on any atom is 0.220 e. The quantitative estimate of drug-likeness (QED) is 0.868. The smallest absolute Gasteiger partial charge is 0.220 e. The number of nitrogens with zero attached hydrogens (tertiary/aromatic N) is 1. The Kier molecular flexibility index (Phi) is 4.26. The van der Waals surface area contributed by atoms with Gasteiger partial charge in [-0.3, -0.25) is 0 Å². The van der Waals surface area contributed by atoms with Crippen molar-refractivity contribution in [1.82, 2.24) is 4.98 Å². The molecule has 20 heavy (non-hydrogen) atoms. The van der Waals surface area contributed by atoms with Gasteiger partial charge in [-0.25, -0.2) is 4.98 Å². The van der Waals surface area contributed by atoms with Crippen LogP contribution in [0.2, 0.25) is 5.02 Å². The molecule has 0 bridgehead atoms. The molecule has 0 saturated heterocycles. The first-order valence-corrected chi connectivity index (χ1v) is 6.88. The Morgan fingerprint density at radius 2 is 1.75 bits per heavy atom. The molecule has 0 fully saturated rings. The van der Waals surface area contributed by atoms with Crippen molar-refractivity contribution in [3.8, 4) is 11.6 Å². The summed E-state index contributed by atoms with van der Waals surface area (Å²) in [5.74, 6) is 1.16. The third-order valence-corrected chi connectivity index (χ3v) is 3.68. The Labute approximate surface area is 128 Å². The fraction of sp³-hybridized carbons (Fsp3) is 0.200. The van der Waals surface area contributed by atoms with E-state index < -0.39 is 0 Å². The van der Waals surface area contributed by atoms with Gasteiger partial charge in [0.25, 0.3) is 0 Å². The van der Waals surface area contributed by atoms with Crippen LogP contribution in [-0.2, 0) is 0 Å². The lowest BCUT2D eigenvalue weighted by Gasteiger charge is -2.10. The van der Waals surface area contributed by atoms with E-state index in [4.69, 9.17) is 34.3 Å². The van der Waals surface area contributed by atoms with Crippen LogP contribution in [0.5, 0.6) is 11.6 Å². The van der Waals surface area contributed by atoms with Gasteiger partial charge in [-0.1, -0.05) is 23.8 Å². The van der Waals surface area contributed by atoms with Crippen molar-refractivity contribution >= 4 is 28.8 Å². The minimum atomic E-state index is 0.323. The highest BCUT2D eigenvalue weighted by atomic mass is 35.5. The maximum atomic E-state index is 6.14. The normalized spacial score (nSPS) is 10.4. The molecular formula is C15H15ClN2OS. The Bertz CT molecular complexity index is 663. The van der Waals surface area contributed by atoms with Crippen LogP contribution in [0.25, 0.3) is 0 Å². The van der Waals surface area contributed by atoms with Crippen LogP contribution in [-0.4, -0.2) is 9.97 Å². The first-order valence-electron chi connectivity index (χ1n) is 6.10. The molecule has 0 spiro atoms. The predicted molar refractivity (Wildman–Crippen MR) is 85.9 cm³/mol.